The van der Waals surface area contributed by atoms with Crippen LogP contribution in [-0.2, 0) is 17.6 Å². The topological polar surface area (TPSA) is 63.7 Å². The lowest BCUT2D eigenvalue weighted by atomic mass is 9.88. The number of hydrogen-bond acceptors (Lipinski definition) is 5. The van der Waals surface area contributed by atoms with Gasteiger partial charge in [0.25, 0.3) is 5.88 Å². The summed E-state index contributed by atoms with van der Waals surface area (Å²) in [5, 5.41) is 2.89. The lowest BCUT2D eigenvalue weighted by Gasteiger charge is -2.41. The number of nitrogens with one attached hydrogen (secondary N) is 1. The molecule has 0 aliphatic carbocycles. The summed E-state index contributed by atoms with van der Waals surface area (Å²) in [6, 6.07) is 20.3. The molecule has 2 atom stereocenters. The molecule has 178 valence electrons. The molecular formula is C28H33N3O3. The minimum Gasteiger partial charge on any atom is -0.491 e. The number of rotatable bonds is 8. The number of nitrogens with zero attached hydrogens (tertiary/aromatic N) is 2. The molecule has 0 bridgehead atoms. The Labute approximate surface area is 201 Å². The van der Waals surface area contributed by atoms with E-state index >= 15 is 0 Å². The number of likely N-dealkylation sites (N-methyl/N-ethyl adjacent to an activating group) is 1. The molecule has 1 unspecified atom stereocenters. The van der Waals surface area contributed by atoms with Gasteiger partial charge in [0.15, 0.2) is 5.75 Å². The van der Waals surface area contributed by atoms with Crippen LogP contribution in [0.4, 0.5) is 0 Å². The van der Waals surface area contributed by atoms with Crippen LogP contribution in [0.3, 0.4) is 0 Å². The Morgan fingerprint density at radius 1 is 1.12 bits per heavy atom. The molecule has 1 aliphatic rings. The fourth-order valence-electron chi connectivity index (χ4n) is 4.83. The number of carbonyl (C=O) groups is 1. The van der Waals surface area contributed by atoms with Crippen LogP contribution in [0.1, 0.15) is 46.5 Å². The van der Waals surface area contributed by atoms with E-state index in [0.717, 1.165) is 42.6 Å². The highest BCUT2D eigenvalue weighted by Crippen LogP contribution is 2.41. The normalized spacial score (nSPS) is 16.4. The Bertz CT molecular complexity index is 1120. The van der Waals surface area contributed by atoms with Crippen LogP contribution in [0.5, 0.6) is 11.6 Å². The molecule has 1 N–H and O–H groups in total. The fourth-order valence-corrected chi connectivity index (χ4v) is 4.83. The van der Waals surface area contributed by atoms with E-state index in [9.17, 15) is 4.79 Å². The van der Waals surface area contributed by atoms with E-state index in [1.165, 1.54) is 11.1 Å². The predicted octanol–water partition coefficient (Wildman–Crippen LogP) is 4.43. The number of hydrogen-bond donors (Lipinski definition) is 1. The molecule has 0 saturated carbocycles. The molecule has 3 aromatic rings. The summed E-state index contributed by atoms with van der Waals surface area (Å²) in [6.45, 7) is 2.82. The van der Waals surface area contributed by atoms with E-state index < -0.39 is 6.04 Å². The van der Waals surface area contributed by atoms with Crippen molar-refractivity contribution >= 4 is 5.91 Å². The molecule has 0 radical (unpaired) electrons. The maximum absolute atomic E-state index is 13.2. The lowest BCUT2D eigenvalue weighted by molar-refractivity contribution is -0.127. The number of benzene rings is 2. The van der Waals surface area contributed by atoms with Gasteiger partial charge in [-0.2, -0.15) is 0 Å². The first-order chi connectivity index (χ1) is 16.5. The summed E-state index contributed by atoms with van der Waals surface area (Å²) in [5.41, 5.74) is 5.62. The molecule has 1 aliphatic heterocycles. The highest BCUT2D eigenvalue weighted by molar-refractivity contribution is 5.83. The zero-order valence-corrected chi connectivity index (χ0v) is 20.4. The fraction of sp³-hybridized carbons (Fsp3) is 0.357. The molecular weight excluding hydrogens is 426 g/mol. The monoisotopic (exact) mass is 459 g/mol. The van der Waals surface area contributed by atoms with Gasteiger partial charge in [-0.1, -0.05) is 60.2 Å². The van der Waals surface area contributed by atoms with E-state index in [0.29, 0.717) is 11.6 Å². The van der Waals surface area contributed by atoms with Crippen molar-refractivity contribution in [2.24, 2.45) is 0 Å². The van der Waals surface area contributed by atoms with Gasteiger partial charge in [0, 0.05) is 26.1 Å². The van der Waals surface area contributed by atoms with E-state index in [2.05, 4.69) is 41.4 Å². The van der Waals surface area contributed by atoms with Gasteiger partial charge in [-0.25, -0.2) is 4.98 Å². The van der Waals surface area contributed by atoms with Gasteiger partial charge < -0.3 is 14.8 Å². The first-order valence-corrected chi connectivity index (χ1v) is 11.7. The Balaban J connectivity index is 1.76. The van der Waals surface area contributed by atoms with Crippen molar-refractivity contribution in [2.45, 2.75) is 38.3 Å². The summed E-state index contributed by atoms with van der Waals surface area (Å²) in [4.78, 5) is 20.3. The van der Waals surface area contributed by atoms with Crippen LogP contribution in [-0.4, -0.2) is 43.6 Å². The molecule has 0 saturated heterocycles. The SMILES string of the molecule is CNC(=O)C(c1ccccc1)N1CCc2nc(OC)c(OC)cc2[C@@H]1CCc1ccc(C)cc1. The molecule has 2 aromatic carbocycles. The van der Waals surface area contributed by atoms with Crippen molar-refractivity contribution in [3.63, 3.8) is 0 Å². The lowest BCUT2D eigenvalue weighted by Crippen LogP contribution is -2.45. The van der Waals surface area contributed by atoms with Crippen molar-refractivity contribution < 1.29 is 14.3 Å². The summed E-state index contributed by atoms with van der Waals surface area (Å²) in [6.07, 6.45) is 2.48. The number of aromatic nitrogens is 1. The minimum absolute atomic E-state index is 0.000125. The van der Waals surface area contributed by atoms with E-state index in [1.54, 1.807) is 21.3 Å². The zero-order valence-electron chi connectivity index (χ0n) is 20.4. The first-order valence-electron chi connectivity index (χ1n) is 11.7. The molecule has 0 fully saturated rings. The number of methoxy groups -OCH3 is 2. The zero-order chi connectivity index (χ0) is 24.1. The molecule has 2 heterocycles. The van der Waals surface area contributed by atoms with Crippen LogP contribution >= 0.6 is 0 Å². The van der Waals surface area contributed by atoms with Crippen LogP contribution in [0, 0.1) is 6.92 Å². The van der Waals surface area contributed by atoms with Gasteiger partial charge in [0.2, 0.25) is 5.91 Å². The van der Waals surface area contributed by atoms with Gasteiger partial charge in [0.05, 0.1) is 19.9 Å². The van der Waals surface area contributed by atoms with Crippen molar-refractivity contribution in [1.29, 1.82) is 0 Å². The molecule has 1 amide bonds. The Kier molecular flexibility index (Phi) is 7.48. The van der Waals surface area contributed by atoms with Crippen molar-refractivity contribution in [1.82, 2.24) is 15.2 Å². The number of fused-ring (bicyclic) bond motifs is 1. The van der Waals surface area contributed by atoms with Gasteiger partial charge in [-0.15, -0.1) is 0 Å². The van der Waals surface area contributed by atoms with Crippen LogP contribution in [0.25, 0.3) is 0 Å². The van der Waals surface area contributed by atoms with E-state index in [1.807, 2.05) is 36.4 Å². The van der Waals surface area contributed by atoms with Crippen LogP contribution < -0.4 is 14.8 Å². The third-order valence-electron chi connectivity index (χ3n) is 6.62. The summed E-state index contributed by atoms with van der Waals surface area (Å²) in [7, 11) is 4.94. The first kappa shape index (κ1) is 23.8. The molecule has 0 spiro atoms. The van der Waals surface area contributed by atoms with Crippen LogP contribution in [0.2, 0.25) is 0 Å². The minimum atomic E-state index is -0.393. The third-order valence-corrected chi connectivity index (χ3v) is 6.62. The van der Waals surface area contributed by atoms with Gasteiger partial charge >= 0.3 is 0 Å². The summed E-state index contributed by atoms with van der Waals surface area (Å²) >= 11 is 0. The number of amides is 1. The standard InChI is InChI=1S/C28H33N3O3/c1-19-10-12-20(13-11-19)14-15-24-22-18-25(33-3)28(34-4)30-23(22)16-17-31(24)26(27(32)29-2)21-8-6-5-7-9-21/h5-13,18,24,26H,14-17H2,1-4H3,(H,29,32)/t24-,26?/m0/s1. The summed E-state index contributed by atoms with van der Waals surface area (Å²) < 4.78 is 11.1. The van der Waals surface area contributed by atoms with Crippen molar-refractivity contribution in [3.8, 4) is 11.6 Å². The van der Waals surface area contributed by atoms with E-state index in [4.69, 9.17) is 14.5 Å². The molecule has 6 heteroatoms. The average Bonchev–Trinajstić information content (AvgIpc) is 2.88. The maximum atomic E-state index is 13.2. The van der Waals surface area contributed by atoms with Crippen molar-refractivity contribution in [2.75, 3.05) is 27.8 Å². The quantitative estimate of drug-likeness (QED) is 0.540. The second-order valence-electron chi connectivity index (χ2n) is 8.69. The second kappa shape index (κ2) is 10.7. The van der Waals surface area contributed by atoms with Crippen LogP contribution in [0.15, 0.2) is 60.7 Å². The predicted molar refractivity (Wildman–Crippen MR) is 133 cm³/mol. The number of ether oxygens (including phenoxy) is 2. The number of pyridine rings is 1. The smallest absolute Gasteiger partial charge is 0.256 e. The Hall–Kier alpha value is -3.38. The molecule has 1 aromatic heterocycles. The second-order valence-corrected chi connectivity index (χ2v) is 8.69. The number of aryl methyl sites for hydroxylation is 2. The molecule has 4 rings (SSSR count). The molecule has 6 nitrogen and oxygen atoms in total. The van der Waals surface area contributed by atoms with E-state index in [-0.39, 0.29) is 11.9 Å². The average molecular weight is 460 g/mol. The maximum Gasteiger partial charge on any atom is 0.256 e. The summed E-state index contributed by atoms with van der Waals surface area (Å²) in [5.74, 6) is 1.10. The third kappa shape index (κ3) is 4.92. The highest BCUT2D eigenvalue weighted by Gasteiger charge is 2.37. The van der Waals surface area contributed by atoms with Gasteiger partial charge in [-0.05, 0) is 42.5 Å². The Morgan fingerprint density at radius 3 is 2.50 bits per heavy atom. The van der Waals surface area contributed by atoms with Gasteiger partial charge in [0.1, 0.15) is 6.04 Å². The van der Waals surface area contributed by atoms with Crippen molar-refractivity contribution in [3.05, 3.63) is 88.6 Å². The Morgan fingerprint density at radius 2 is 1.85 bits per heavy atom. The molecule has 34 heavy (non-hydrogen) atoms. The van der Waals surface area contributed by atoms with Gasteiger partial charge in [-0.3, -0.25) is 9.69 Å². The largest absolute Gasteiger partial charge is 0.491 e. The number of carbonyl (C=O) groups excluding carboxylic acids is 1. The highest BCUT2D eigenvalue weighted by atomic mass is 16.5.